The molecule has 116 valence electrons. The fourth-order valence-electron chi connectivity index (χ4n) is 3.48. The first-order valence-corrected chi connectivity index (χ1v) is 8.32. The van der Waals surface area contributed by atoms with Gasteiger partial charge in [0.15, 0.2) is 0 Å². The number of rotatable bonds is 3. The SMILES string of the molecule is O=C(NN=C1CCCc2ccccc21)C1CC1c1ccccc1. The molecule has 2 atom stereocenters. The molecular weight excluding hydrogens is 284 g/mol. The molecule has 3 nitrogen and oxygen atoms in total. The van der Waals surface area contributed by atoms with Gasteiger partial charge in [-0.05, 0) is 42.7 Å². The number of carbonyl (C=O) groups excluding carboxylic acids is 1. The number of carbonyl (C=O) groups is 1. The van der Waals surface area contributed by atoms with E-state index in [0.717, 1.165) is 31.4 Å². The van der Waals surface area contributed by atoms with Crippen molar-refractivity contribution in [3.63, 3.8) is 0 Å². The van der Waals surface area contributed by atoms with Crippen LogP contribution in [0.1, 0.15) is 41.9 Å². The highest BCUT2D eigenvalue weighted by Crippen LogP contribution is 2.47. The lowest BCUT2D eigenvalue weighted by Gasteiger charge is -2.17. The lowest BCUT2D eigenvalue weighted by molar-refractivity contribution is -0.122. The van der Waals surface area contributed by atoms with E-state index in [-0.39, 0.29) is 11.8 Å². The average molecular weight is 304 g/mol. The van der Waals surface area contributed by atoms with E-state index in [9.17, 15) is 4.79 Å². The highest BCUT2D eigenvalue weighted by atomic mass is 16.2. The Morgan fingerprint density at radius 3 is 2.65 bits per heavy atom. The van der Waals surface area contributed by atoms with Crippen LogP contribution in [-0.4, -0.2) is 11.6 Å². The van der Waals surface area contributed by atoms with Crippen LogP contribution >= 0.6 is 0 Å². The molecule has 0 aliphatic heterocycles. The summed E-state index contributed by atoms with van der Waals surface area (Å²) in [6.07, 6.45) is 4.06. The predicted molar refractivity (Wildman–Crippen MR) is 91.3 cm³/mol. The first kappa shape index (κ1) is 14.2. The third kappa shape index (κ3) is 2.91. The van der Waals surface area contributed by atoms with Crippen molar-refractivity contribution in [1.29, 1.82) is 0 Å². The van der Waals surface area contributed by atoms with Gasteiger partial charge in [-0.1, -0.05) is 54.6 Å². The Bertz CT molecular complexity index is 751. The summed E-state index contributed by atoms with van der Waals surface area (Å²) in [5.41, 5.74) is 7.59. The molecule has 0 saturated heterocycles. The predicted octanol–water partition coefficient (Wildman–Crippen LogP) is 3.65. The van der Waals surface area contributed by atoms with Gasteiger partial charge < -0.3 is 0 Å². The maximum absolute atomic E-state index is 12.3. The minimum absolute atomic E-state index is 0.0504. The number of hydrogen-bond acceptors (Lipinski definition) is 2. The van der Waals surface area contributed by atoms with Gasteiger partial charge in [0.25, 0.3) is 0 Å². The zero-order valence-electron chi connectivity index (χ0n) is 13.0. The fourth-order valence-corrected chi connectivity index (χ4v) is 3.48. The van der Waals surface area contributed by atoms with Gasteiger partial charge in [0.1, 0.15) is 0 Å². The first-order chi connectivity index (χ1) is 11.3. The van der Waals surface area contributed by atoms with Crippen molar-refractivity contribution in [3.8, 4) is 0 Å². The summed E-state index contributed by atoms with van der Waals surface area (Å²) in [5.74, 6) is 0.477. The Labute approximate surface area is 136 Å². The molecule has 1 N–H and O–H groups in total. The maximum atomic E-state index is 12.3. The number of amides is 1. The third-order valence-corrected chi connectivity index (χ3v) is 4.84. The van der Waals surface area contributed by atoms with Gasteiger partial charge in [0.2, 0.25) is 5.91 Å². The second kappa shape index (κ2) is 5.99. The standard InChI is InChI=1S/C20H20N2O/c23-20(18-13-17(18)15-7-2-1-3-8-15)22-21-19-12-6-10-14-9-4-5-11-16(14)19/h1-5,7-9,11,17-18H,6,10,12-13H2,(H,22,23). The summed E-state index contributed by atoms with van der Waals surface area (Å²) in [6, 6.07) is 18.6. The average Bonchev–Trinajstić information content (AvgIpc) is 3.41. The molecule has 3 heteroatoms. The number of nitrogens with one attached hydrogen (secondary N) is 1. The Morgan fingerprint density at radius 2 is 1.78 bits per heavy atom. The number of aryl methyl sites for hydroxylation is 1. The van der Waals surface area contributed by atoms with Crippen molar-refractivity contribution in [2.45, 2.75) is 31.6 Å². The van der Waals surface area contributed by atoms with E-state index in [0.29, 0.717) is 5.92 Å². The summed E-state index contributed by atoms with van der Waals surface area (Å²) in [4.78, 5) is 12.3. The van der Waals surface area contributed by atoms with Crippen LogP contribution in [0.15, 0.2) is 59.7 Å². The van der Waals surface area contributed by atoms with Gasteiger partial charge in [0, 0.05) is 11.5 Å². The van der Waals surface area contributed by atoms with Crippen molar-refractivity contribution in [3.05, 3.63) is 71.3 Å². The van der Waals surface area contributed by atoms with Gasteiger partial charge in [0.05, 0.1) is 5.71 Å². The maximum Gasteiger partial charge on any atom is 0.243 e. The molecule has 1 saturated carbocycles. The molecule has 2 aromatic rings. The molecule has 1 amide bonds. The van der Waals surface area contributed by atoms with E-state index >= 15 is 0 Å². The molecule has 1 fully saturated rings. The first-order valence-electron chi connectivity index (χ1n) is 8.32. The number of nitrogens with zero attached hydrogens (tertiary/aromatic N) is 1. The smallest absolute Gasteiger partial charge is 0.243 e. The van der Waals surface area contributed by atoms with Crippen LogP contribution in [0.2, 0.25) is 0 Å². The Kier molecular flexibility index (Phi) is 3.70. The number of fused-ring (bicyclic) bond motifs is 1. The minimum Gasteiger partial charge on any atom is -0.273 e. The normalized spacial score (nSPS) is 24.1. The molecule has 0 radical (unpaired) electrons. The zero-order chi connectivity index (χ0) is 15.6. The van der Waals surface area contributed by atoms with Gasteiger partial charge >= 0.3 is 0 Å². The molecule has 4 rings (SSSR count). The van der Waals surface area contributed by atoms with Crippen LogP contribution in [0.25, 0.3) is 0 Å². The lowest BCUT2D eigenvalue weighted by atomic mass is 9.90. The molecule has 2 aromatic carbocycles. The van der Waals surface area contributed by atoms with Gasteiger partial charge in [-0.25, -0.2) is 5.43 Å². The largest absolute Gasteiger partial charge is 0.273 e. The summed E-state index contributed by atoms with van der Waals surface area (Å²) in [5, 5.41) is 4.43. The van der Waals surface area contributed by atoms with Gasteiger partial charge in [-0.3, -0.25) is 4.79 Å². The fraction of sp³-hybridized carbons (Fsp3) is 0.300. The second-order valence-electron chi connectivity index (χ2n) is 6.40. The van der Waals surface area contributed by atoms with E-state index in [1.54, 1.807) is 0 Å². The molecule has 0 bridgehead atoms. The Hall–Kier alpha value is -2.42. The van der Waals surface area contributed by atoms with Crippen LogP contribution in [0.3, 0.4) is 0 Å². The monoisotopic (exact) mass is 304 g/mol. The Balaban J connectivity index is 1.43. The minimum atomic E-state index is 0.0504. The van der Waals surface area contributed by atoms with Crippen LogP contribution < -0.4 is 5.43 Å². The van der Waals surface area contributed by atoms with E-state index in [1.165, 1.54) is 16.7 Å². The lowest BCUT2D eigenvalue weighted by Crippen LogP contribution is -2.23. The van der Waals surface area contributed by atoms with Crippen molar-refractivity contribution in [1.82, 2.24) is 5.43 Å². The molecule has 2 aliphatic carbocycles. The molecule has 2 aliphatic rings. The van der Waals surface area contributed by atoms with E-state index < -0.39 is 0 Å². The van der Waals surface area contributed by atoms with Crippen LogP contribution in [-0.2, 0) is 11.2 Å². The molecule has 23 heavy (non-hydrogen) atoms. The molecular formula is C20H20N2O. The van der Waals surface area contributed by atoms with Crippen molar-refractivity contribution >= 4 is 11.6 Å². The highest BCUT2D eigenvalue weighted by Gasteiger charge is 2.43. The Morgan fingerprint density at radius 1 is 1.00 bits per heavy atom. The highest BCUT2D eigenvalue weighted by molar-refractivity contribution is 6.03. The quantitative estimate of drug-likeness (QED) is 0.864. The molecule has 0 aromatic heterocycles. The topological polar surface area (TPSA) is 41.5 Å². The van der Waals surface area contributed by atoms with Crippen LogP contribution in [0, 0.1) is 5.92 Å². The summed E-state index contributed by atoms with van der Waals surface area (Å²) < 4.78 is 0. The van der Waals surface area contributed by atoms with Crippen LogP contribution in [0.5, 0.6) is 0 Å². The second-order valence-corrected chi connectivity index (χ2v) is 6.40. The zero-order valence-corrected chi connectivity index (χ0v) is 13.0. The molecule has 0 spiro atoms. The summed E-state index contributed by atoms with van der Waals surface area (Å²) in [6.45, 7) is 0. The number of hydrogen-bond donors (Lipinski definition) is 1. The van der Waals surface area contributed by atoms with Crippen molar-refractivity contribution < 1.29 is 4.79 Å². The molecule has 2 unspecified atom stereocenters. The number of benzene rings is 2. The van der Waals surface area contributed by atoms with E-state index in [2.05, 4.69) is 40.9 Å². The summed E-state index contributed by atoms with van der Waals surface area (Å²) >= 11 is 0. The molecule has 0 heterocycles. The van der Waals surface area contributed by atoms with Crippen molar-refractivity contribution in [2.75, 3.05) is 0 Å². The van der Waals surface area contributed by atoms with Gasteiger partial charge in [-0.15, -0.1) is 0 Å². The number of hydrazone groups is 1. The summed E-state index contributed by atoms with van der Waals surface area (Å²) in [7, 11) is 0. The third-order valence-electron chi connectivity index (χ3n) is 4.84. The van der Waals surface area contributed by atoms with E-state index in [4.69, 9.17) is 0 Å². The van der Waals surface area contributed by atoms with Crippen molar-refractivity contribution in [2.24, 2.45) is 11.0 Å². The van der Waals surface area contributed by atoms with E-state index in [1.807, 2.05) is 24.3 Å². The van der Waals surface area contributed by atoms with Crippen LogP contribution in [0.4, 0.5) is 0 Å². The van der Waals surface area contributed by atoms with Gasteiger partial charge in [-0.2, -0.15) is 5.10 Å².